The molecule has 0 aliphatic heterocycles. The number of phenols is 2. The molecule has 0 spiro atoms. The number of rotatable bonds is 4. The van der Waals surface area contributed by atoms with Crippen LogP contribution in [-0.2, 0) is 6.42 Å². The highest BCUT2D eigenvalue weighted by molar-refractivity contribution is 5.73. The van der Waals surface area contributed by atoms with Crippen LogP contribution in [0.4, 0.5) is 0 Å². The van der Waals surface area contributed by atoms with Gasteiger partial charge >= 0.3 is 0 Å². The van der Waals surface area contributed by atoms with Gasteiger partial charge in [-0.15, -0.1) is 0 Å². The molecule has 0 fully saturated rings. The largest absolute Gasteiger partial charge is 0.508 e. The number of aromatic nitrogens is 3. The Kier molecular flexibility index (Phi) is 5.66. The van der Waals surface area contributed by atoms with E-state index >= 15 is 0 Å². The monoisotopic (exact) mass is 425 g/mol. The maximum absolute atomic E-state index is 10.6. The predicted molar refractivity (Wildman–Crippen MR) is 128 cm³/mol. The summed E-state index contributed by atoms with van der Waals surface area (Å²) in [6, 6.07) is 15.4. The van der Waals surface area contributed by atoms with E-state index in [1.807, 2.05) is 45.0 Å². The maximum atomic E-state index is 10.6. The van der Waals surface area contributed by atoms with Gasteiger partial charge in [-0.05, 0) is 56.9 Å². The minimum absolute atomic E-state index is 0.0620. The van der Waals surface area contributed by atoms with Crippen molar-refractivity contribution in [1.29, 1.82) is 0 Å². The Balaban J connectivity index is 2.00. The first-order chi connectivity index (χ1) is 15.3. The number of aromatic hydroxyl groups is 2. The van der Waals surface area contributed by atoms with E-state index in [1.54, 1.807) is 6.07 Å². The maximum Gasteiger partial charge on any atom is 0.167 e. The van der Waals surface area contributed by atoms with Crippen LogP contribution < -0.4 is 0 Å². The third kappa shape index (κ3) is 4.06. The van der Waals surface area contributed by atoms with Crippen molar-refractivity contribution in [2.75, 3.05) is 0 Å². The van der Waals surface area contributed by atoms with Gasteiger partial charge in [0.25, 0.3) is 0 Å². The van der Waals surface area contributed by atoms with Crippen LogP contribution in [0.3, 0.4) is 0 Å². The number of aryl methyl sites for hydroxylation is 5. The molecule has 0 saturated heterocycles. The van der Waals surface area contributed by atoms with Gasteiger partial charge in [0.1, 0.15) is 11.5 Å². The van der Waals surface area contributed by atoms with Gasteiger partial charge in [0.15, 0.2) is 17.5 Å². The Labute approximate surface area is 188 Å². The van der Waals surface area contributed by atoms with Crippen LogP contribution in [0.5, 0.6) is 11.5 Å². The second-order valence-corrected chi connectivity index (χ2v) is 8.29. The topological polar surface area (TPSA) is 79.1 Å². The fraction of sp³-hybridized carbons (Fsp3) is 0.222. The van der Waals surface area contributed by atoms with Gasteiger partial charge in [-0.2, -0.15) is 0 Å². The Bertz CT molecular complexity index is 1260. The van der Waals surface area contributed by atoms with E-state index in [9.17, 15) is 10.2 Å². The molecule has 0 aliphatic rings. The van der Waals surface area contributed by atoms with Crippen molar-refractivity contribution >= 4 is 0 Å². The Morgan fingerprint density at radius 3 is 1.50 bits per heavy atom. The molecule has 0 aliphatic carbocycles. The molecule has 1 heterocycles. The predicted octanol–water partition coefficient (Wildman–Crippen LogP) is 6.08. The first kappa shape index (κ1) is 21.5. The average molecular weight is 426 g/mol. The zero-order valence-corrected chi connectivity index (χ0v) is 19.1. The molecule has 0 saturated carbocycles. The standard InChI is InChI=1S/C27H27N3O2/c1-6-19-13-22(24(32)14-23(19)31)27-29-25(20-9-7-15(2)11-17(20)4)28-26(30-27)21-10-8-16(3)12-18(21)5/h7-14,31-32H,6H2,1-5H3. The normalized spacial score (nSPS) is 11.0. The minimum Gasteiger partial charge on any atom is -0.508 e. The number of hydrogen-bond donors (Lipinski definition) is 2. The highest BCUT2D eigenvalue weighted by atomic mass is 16.3. The summed E-state index contributed by atoms with van der Waals surface area (Å²) < 4.78 is 0. The molecule has 5 heteroatoms. The molecule has 1 aromatic heterocycles. The quantitative estimate of drug-likeness (QED) is 0.414. The van der Waals surface area contributed by atoms with Gasteiger partial charge in [0.2, 0.25) is 0 Å². The first-order valence-corrected chi connectivity index (χ1v) is 10.7. The molecule has 0 unspecified atom stereocenters. The second kappa shape index (κ2) is 8.42. The van der Waals surface area contributed by atoms with Crippen molar-refractivity contribution in [3.05, 3.63) is 76.3 Å². The highest BCUT2D eigenvalue weighted by Crippen LogP contribution is 2.35. The van der Waals surface area contributed by atoms with Gasteiger partial charge in [0.05, 0.1) is 5.56 Å². The summed E-state index contributed by atoms with van der Waals surface area (Å²) in [4.78, 5) is 14.3. The zero-order valence-electron chi connectivity index (χ0n) is 19.1. The summed E-state index contributed by atoms with van der Waals surface area (Å²) in [5, 5.41) is 20.7. The van der Waals surface area contributed by atoms with E-state index in [4.69, 9.17) is 15.0 Å². The molecular weight excluding hydrogens is 398 g/mol. The van der Waals surface area contributed by atoms with E-state index in [-0.39, 0.29) is 11.5 Å². The minimum atomic E-state index is -0.0657. The van der Waals surface area contributed by atoms with E-state index < -0.39 is 0 Å². The van der Waals surface area contributed by atoms with Crippen molar-refractivity contribution in [2.24, 2.45) is 0 Å². The van der Waals surface area contributed by atoms with Crippen LogP contribution in [0.2, 0.25) is 0 Å². The second-order valence-electron chi connectivity index (χ2n) is 8.29. The van der Waals surface area contributed by atoms with Gasteiger partial charge in [-0.25, -0.2) is 15.0 Å². The summed E-state index contributed by atoms with van der Waals surface area (Å²) >= 11 is 0. The van der Waals surface area contributed by atoms with E-state index in [1.165, 1.54) is 17.2 Å². The summed E-state index contributed by atoms with van der Waals surface area (Å²) in [7, 11) is 0. The summed E-state index contributed by atoms with van der Waals surface area (Å²) in [6.07, 6.45) is 0.623. The molecule has 0 amide bonds. The molecule has 162 valence electrons. The van der Waals surface area contributed by atoms with Gasteiger partial charge in [-0.3, -0.25) is 0 Å². The molecule has 4 aromatic rings. The lowest BCUT2D eigenvalue weighted by atomic mass is 10.0. The molecule has 4 rings (SSSR count). The van der Waals surface area contributed by atoms with Gasteiger partial charge in [-0.1, -0.05) is 54.4 Å². The lowest BCUT2D eigenvalue weighted by Gasteiger charge is -2.13. The van der Waals surface area contributed by atoms with Crippen molar-refractivity contribution < 1.29 is 10.2 Å². The van der Waals surface area contributed by atoms with Crippen molar-refractivity contribution in [3.63, 3.8) is 0 Å². The molecular formula is C27H27N3O2. The van der Waals surface area contributed by atoms with Gasteiger partial charge < -0.3 is 10.2 Å². The van der Waals surface area contributed by atoms with Crippen LogP contribution in [0, 0.1) is 27.7 Å². The Morgan fingerprint density at radius 2 is 1.06 bits per heavy atom. The van der Waals surface area contributed by atoms with Gasteiger partial charge in [0, 0.05) is 17.2 Å². The summed E-state index contributed by atoms with van der Waals surface area (Å²) in [5.41, 5.74) is 7.49. The summed E-state index contributed by atoms with van der Waals surface area (Å²) in [6.45, 7) is 10.1. The zero-order chi connectivity index (χ0) is 23.0. The van der Waals surface area contributed by atoms with Crippen LogP contribution in [0.1, 0.15) is 34.7 Å². The number of phenolic OH excluding ortho intramolecular Hbond substituents is 2. The third-order valence-electron chi connectivity index (χ3n) is 5.70. The first-order valence-electron chi connectivity index (χ1n) is 10.7. The lowest BCUT2D eigenvalue weighted by Crippen LogP contribution is -2.02. The molecule has 3 aromatic carbocycles. The van der Waals surface area contributed by atoms with E-state index in [0.717, 1.165) is 27.8 Å². The Hall–Kier alpha value is -3.73. The number of nitrogens with zero attached hydrogens (tertiary/aromatic N) is 3. The molecule has 0 atom stereocenters. The van der Waals surface area contributed by atoms with E-state index in [2.05, 4.69) is 26.0 Å². The van der Waals surface area contributed by atoms with Crippen molar-refractivity contribution in [2.45, 2.75) is 41.0 Å². The van der Waals surface area contributed by atoms with Crippen LogP contribution in [-0.4, -0.2) is 25.2 Å². The highest BCUT2D eigenvalue weighted by Gasteiger charge is 2.18. The smallest absolute Gasteiger partial charge is 0.167 e. The fourth-order valence-corrected chi connectivity index (χ4v) is 3.95. The molecule has 0 radical (unpaired) electrons. The lowest BCUT2D eigenvalue weighted by molar-refractivity contribution is 0.447. The SMILES string of the molecule is CCc1cc(-c2nc(-c3ccc(C)cc3C)nc(-c3ccc(C)cc3C)n2)c(O)cc1O. The number of hydrogen-bond acceptors (Lipinski definition) is 5. The fourth-order valence-electron chi connectivity index (χ4n) is 3.95. The Morgan fingerprint density at radius 1 is 0.594 bits per heavy atom. The van der Waals surface area contributed by atoms with Crippen molar-refractivity contribution in [1.82, 2.24) is 15.0 Å². The molecule has 32 heavy (non-hydrogen) atoms. The molecule has 5 nitrogen and oxygen atoms in total. The van der Waals surface area contributed by atoms with E-state index in [0.29, 0.717) is 29.5 Å². The molecule has 2 N–H and O–H groups in total. The van der Waals surface area contributed by atoms with Crippen LogP contribution >= 0.6 is 0 Å². The van der Waals surface area contributed by atoms with Crippen LogP contribution in [0.25, 0.3) is 34.2 Å². The number of benzene rings is 3. The summed E-state index contributed by atoms with van der Waals surface area (Å²) in [5.74, 6) is 1.47. The van der Waals surface area contributed by atoms with Crippen LogP contribution in [0.15, 0.2) is 48.5 Å². The third-order valence-corrected chi connectivity index (χ3v) is 5.70. The van der Waals surface area contributed by atoms with Crippen molar-refractivity contribution in [3.8, 4) is 45.7 Å². The average Bonchev–Trinajstić information content (AvgIpc) is 2.73. The molecule has 0 bridgehead atoms.